The van der Waals surface area contributed by atoms with E-state index in [-0.39, 0.29) is 6.04 Å². The molecule has 1 unspecified atom stereocenters. The van der Waals surface area contributed by atoms with Gasteiger partial charge in [-0.15, -0.1) is 0 Å². The van der Waals surface area contributed by atoms with Gasteiger partial charge in [0, 0.05) is 12.5 Å². The van der Waals surface area contributed by atoms with Crippen LogP contribution in [-0.4, -0.2) is 4.98 Å². The summed E-state index contributed by atoms with van der Waals surface area (Å²) in [5.74, 6) is 0.692. The van der Waals surface area contributed by atoms with Gasteiger partial charge in [-0.25, -0.2) is 4.98 Å². The minimum atomic E-state index is -0.0957. The van der Waals surface area contributed by atoms with Gasteiger partial charge in [-0.05, 0) is 31.5 Å². The van der Waals surface area contributed by atoms with Gasteiger partial charge in [0.25, 0.3) is 0 Å². The van der Waals surface area contributed by atoms with Gasteiger partial charge in [0.15, 0.2) is 11.5 Å². The zero-order valence-corrected chi connectivity index (χ0v) is 11.8. The Kier molecular flexibility index (Phi) is 3.28. The molecule has 2 N–H and O–H groups in total. The maximum atomic E-state index is 6.29. The molecule has 2 aromatic carbocycles. The standard InChI is InChI=1S/C17H18N2O/c1-11-7-12(2)9-13(8-11)14(18)10-17-19-15-5-3-4-6-16(15)20-17/h3-9,14H,10,18H2,1-2H3. The van der Waals surface area contributed by atoms with Gasteiger partial charge in [-0.2, -0.15) is 0 Å². The maximum absolute atomic E-state index is 6.29. The Morgan fingerprint density at radius 2 is 1.80 bits per heavy atom. The fourth-order valence-corrected chi connectivity index (χ4v) is 2.54. The molecule has 0 bridgehead atoms. The lowest BCUT2D eigenvalue weighted by atomic mass is 10.00. The highest BCUT2D eigenvalue weighted by Gasteiger charge is 2.12. The van der Waals surface area contributed by atoms with Crippen LogP contribution in [0.5, 0.6) is 0 Å². The first kappa shape index (κ1) is 12.9. The van der Waals surface area contributed by atoms with E-state index < -0.39 is 0 Å². The van der Waals surface area contributed by atoms with Gasteiger partial charge in [0.1, 0.15) is 5.52 Å². The highest BCUT2D eigenvalue weighted by atomic mass is 16.3. The van der Waals surface area contributed by atoms with E-state index in [9.17, 15) is 0 Å². The molecule has 0 saturated carbocycles. The lowest BCUT2D eigenvalue weighted by molar-refractivity contribution is 0.502. The Bertz CT molecular complexity index is 692. The Hall–Kier alpha value is -2.13. The van der Waals surface area contributed by atoms with Crippen LogP contribution >= 0.6 is 0 Å². The van der Waals surface area contributed by atoms with Crippen LogP contribution in [0.2, 0.25) is 0 Å². The van der Waals surface area contributed by atoms with Gasteiger partial charge in [-0.1, -0.05) is 41.5 Å². The number of rotatable bonds is 3. The van der Waals surface area contributed by atoms with Crippen molar-refractivity contribution in [3.63, 3.8) is 0 Å². The summed E-state index contributed by atoms with van der Waals surface area (Å²) >= 11 is 0. The maximum Gasteiger partial charge on any atom is 0.197 e. The minimum absolute atomic E-state index is 0.0957. The van der Waals surface area contributed by atoms with Crippen molar-refractivity contribution >= 4 is 11.1 Å². The fraction of sp³-hybridized carbons (Fsp3) is 0.235. The summed E-state index contributed by atoms with van der Waals surface area (Å²) in [7, 11) is 0. The third-order valence-corrected chi connectivity index (χ3v) is 3.40. The van der Waals surface area contributed by atoms with Crippen molar-refractivity contribution in [1.82, 2.24) is 4.98 Å². The predicted molar refractivity (Wildman–Crippen MR) is 80.6 cm³/mol. The topological polar surface area (TPSA) is 52.0 Å². The summed E-state index contributed by atoms with van der Waals surface area (Å²) in [6.45, 7) is 4.17. The normalized spacial score (nSPS) is 12.8. The molecule has 0 fully saturated rings. The fourth-order valence-electron chi connectivity index (χ4n) is 2.54. The third kappa shape index (κ3) is 2.58. The minimum Gasteiger partial charge on any atom is -0.441 e. The molecule has 1 aromatic heterocycles. The number of para-hydroxylation sites is 2. The van der Waals surface area contributed by atoms with Crippen molar-refractivity contribution in [2.45, 2.75) is 26.3 Å². The number of aromatic nitrogens is 1. The van der Waals surface area contributed by atoms with Crippen LogP contribution in [0, 0.1) is 13.8 Å². The van der Waals surface area contributed by atoms with E-state index >= 15 is 0 Å². The molecule has 20 heavy (non-hydrogen) atoms. The smallest absolute Gasteiger partial charge is 0.197 e. The van der Waals surface area contributed by atoms with Crippen molar-refractivity contribution in [1.29, 1.82) is 0 Å². The Labute approximate surface area is 118 Å². The molecule has 0 aliphatic carbocycles. The molecule has 0 saturated heterocycles. The molecule has 0 radical (unpaired) electrons. The SMILES string of the molecule is Cc1cc(C)cc(C(N)Cc2nc3ccccc3o2)c1. The number of benzene rings is 2. The van der Waals surface area contributed by atoms with Crippen LogP contribution in [0.3, 0.4) is 0 Å². The van der Waals surface area contributed by atoms with E-state index in [1.807, 2.05) is 24.3 Å². The molecule has 3 heteroatoms. The first-order valence-electron chi connectivity index (χ1n) is 6.80. The van der Waals surface area contributed by atoms with E-state index in [4.69, 9.17) is 10.2 Å². The number of hydrogen-bond acceptors (Lipinski definition) is 3. The Morgan fingerprint density at radius 3 is 2.50 bits per heavy atom. The molecule has 1 atom stereocenters. The summed E-state index contributed by atoms with van der Waals surface area (Å²) in [5.41, 5.74) is 11.6. The van der Waals surface area contributed by atoms with Gasteiger partial charge in [0.2, 0.25) is 0 Å². The molecule has 0 aliphatic heterocycles. The van der Waals surface area contributed by atoms with Gasteiger partial charge in [0.05, 0.1) is 0 Å². The summed E-state index contributed by atoms with van der Waals surface area (Å²) in [4.78, 5) is 4.48. The third-order valence-electron chi connectivity index (χ3n) is 3.40. The van der Waals surface area contributed by atoms with Crippen LogP contribution in [0.15, 0.2) is 46.9 Å². The van der Waals surface area contributed by atoms with Gasteiger partial charge < -0.3 is 10.2 Å². The van der Waals surface area contributed by atoms with Crippen molar-refractivity contribution in [2.75, 3.05) is 0 Å². The molecule has 0 aliphatic rings. The molecule has 1 heterocycles. The first-order chi connectivity index (χ1) is 9.61. The Balaban J connectivity index is 1.86. The number of nitrogens with zero attached hydrogens (tertiary/aromatic N) is 1. The van der Waals surface area contributed by atoms with E-state index in [1.165, 1.54) is 11.1 Å². The molecule has 102 valence electrons. The number of aryl methyl sites for hydroxylation is 2. The zero-order valence-electron chi connectivity index (χ0n) is 11.8. The number of fused-ring (bicyclic) bond motifs is 1. The average molecular weight is 266 g/mol. The van der Waals surface area contributed by atoms with Crippen LogP contribution in [0.25, 0.3) is 11.1 Å². The van der Waals surface area contributed by atoms with E-state index in [0.29, 0.717) is 12.3 Å². The summed E-state index contributed by atoms with van der Waals surface area (Å²) in [6, 6.07) is 14.1. The summed E-state index contributed by atoms with van der Waals surface area (Å²) < 4.78 is 5.73. The van der Waals surface area contributed by atoms with E-state index in [1.54, 1.807) is 0 Å². The second kappa shape index (κ2) is 5.10. The van der Waals surface area contributed by atoms with Crippen LogP contribution in [-0.2, 0) is 6.42 Å². The van der Waals surface area contributed by atoms with Crippen molar-refractivity contribution in [3.05, 3.63) is 65.0 Å². The highest BCUT2D eigenvalue weighted by molar-refractivity contribution is 5.72. The molecule has 0 spiro atoms. The lowest BCUT2D eigenvalue weighted by Crippen LogP contribution is -2.14. The molecule has 0 amide bonds. The van der Waals surface area contributed by atoms with Crippen molar-refractivity contribution in [3.8, 4) is 0 Å². The zero-order chi connectivity index (χ0) is 14.1. The molecule has 3 nitrogen and oxygen atoms in total. The quantitative estimate of drug-likeness (QED) is 0.786. The van der Waals surface area contributed by atoms with Gasteiger partial charge >= 0.3 is 0 Å². The van der Waals surface area contributed by atoms with Crippen LogP contribution < -0.4 is 5.73 Å². The first-order valence-corrected chi connectivity index (χ1v) is 6.80. The molecular weight excluding hydrogens is 248 g/mol. The Morgan fingerprint density at radius 1 is 1.10 bits per heavy atom. The van der Waals surface area contributed by atoms with Crippen LogP contribution in [0.4, 0.5) is 0 Å². The molecular formula is C17H18N2O. The second-order valence-electron chi connectivity index (χ2n) is 5.31. The summed E-state index contributed by atoms with van der Waals surface area (Å²) in [6.07, 6.45) is 0.609. The molecule has 3 rings (SSSR count). The lowest BCUT2D eigenvalue weighted by Gasteiger charge is -2.11. The van der Waals surface area contributed by atoms with Crippen molar-refractivity contribution in [2.24, 2.45) is 5.73 Å². The summed E-state index contributed by atoms with van der Waals surface area (Å²) in [5, 5.41) is 0. The van der Waals surface area contributed by atoms with Gasteiger partial charge in [-0.3, -0.25) is 0 Å². The average Bonchev–Trinajstić information content (AvgIpc) is 2.79. The largest absolute Gasteiger partial charge is 0.441 e. The number of oxazole rings is 1. The van der Waals surface area contributed by atoms with E-state index in [0.717, 1.165) is 16.7 Å². The predicted octanol–water partition coefficient (Wildman–Crippen LogP) is 3.69. The molecule has 3 aromatic rings. The second-order valence-corrected chi connectivity index (χ2v) is 5.31. The monoisotopic (exact) mass is 266 g/mol. The van der Waals surface area contributed by atoms with Crippen LogP contribution in [0.1, 0.15) is 28.6 Å². The highest BCUT2D eigenvalue weighted by Crippen LogP contribution is 2.21. The number of hydrogen-bond donors (Lipinski definition) is 1. The number of nitrogens with two attached hydrogens (primary N) is 1. The van der Waals surface area contributed by atoms with E-state index in [2.05, 4.69) is 37.0 Å². The van der Waals surface area contributed by atoms with Crippen molar-refractivity contribution < 1.29 is 4.42 Å².